The van der Waals surface area contributed by atoms with E-state index in [0.29, 0.717) is 34.4 Å². The second kappa shape index (κ2) is 6.73. The number of carbonyl (C=O) groups excluding carboxylic acids is 1. The first-order valence-electron chi connectivity index (χ1n) is 13.7. The van der Waals surface area contributed by atoms with Crippen molar-refractivity contribution in [2.45, 2.75) is 119 Å². The standard InChI is InChI=1S/C30H48O2/c1-18(2)24-20(31)17-27(5)15-16-29(7)19(25(24)27)9-10-22-28(6)13-12-23(32)26(3,4)21(28)11-14-30(22,29)8/h18-19,21-23,32H,9-17H2,1-8H3. The maximum Gasteiger partial charge on any atom is 0.159 e. The number of ketones is 1. The molecular formula is C30H48O2. The van der Waals surface area contributed by atoms with Crippen molar-refractivity contribution >= 4 is 5.78 Å². The summed E-state index contributed by atoms with van der Waals surface area (Å²) in [6.45, 7) is 19.5. The van der Waals surface area contributed by atoms with Gasteiger partial charge in [-0.2, -0.15) is 0 Å². The highest BCUT2D eigenvalue weighted by molar-refractivity contribution is 6.00. The largest absolute Gasteiger partial charge is 0.393 e. The molecule has 2 nitrogen and oxygen atoms in total. The van der Waals surface area contributed by atoms with Crippen LogP contribution in [0.4, 0.5) is 0 Å². The van der Waals surface area contributed by atoms with Gasteiger partial charge in [0.25, 0.3) is 0 Å². The lowest BCUT2D eigenvalue weighted by Gasteiger charge is -2.72. The van der Waals surface area contributed by atoms with Gasteiger partial charge >= 0.3 is 0 Å². The Bertz CT molecular complexity index is 866. The third kappa shape index (κ3) is 2.60. The fourth-order valence-corrected chi connectivity index (χ4v) is 10.9. The van der Waals surface area contributed by atoms with Gasteiger partial charge in [-0.3, -0.25) is 4.79 Å². The minimum Gasteiger partial charge on any atom is -0.393 e. The van der Waals surface area contributed by atoms with Gasteiger partial charge in [-0.15, -0.1) is 0 Å². The number of allylic oxidation sites excluding steroid dienone is 2. The lowest BCUT2D eigenvalue weighted by Crippen LogP contribution is -2.65. The highest BCUT2D eigenvalue weighted by atomic mass is 16.3. The van der Waals surface area contributed by atoms with E-state index in [1.165, 1.54) is 50.5 Å². The van der Waals surface area contributed by atoms with Gasteiger partial charge in [0, 0.05) is 6.42 Å². The van der Waals surface area contributed by atoms with E-state index in [0.717, 1.165) is 18.8 Å². The minimum atomic E-state index is -0.157. The van der Waals surface area contributed by atoms with Crippen LogP contribution in [0.3, 0.4) is 0 Å². The van der Waals surface area contributed by atoms with Crippen LogP contribution in [0.5, 0.6) is 0 Å². The maximum absolute atomic E-state index is 13.2. The van der Waals surface area contributed by atoms with Crippen molar-refractivity contribution in [1.82, 2.24) is 0 Å². The van der Waals surface area contributed by atoms with Crippen molar-refractivity contribution in [1.29, 1.82) is 0 Å². The molecule has 0 aliphatic heterocycles. The molecule has 0 spiro atoms. The summed E-state index contributed by atoms with van der Waals surface area (Å²) in [6, 6.07) is 0. The predicted molar refractivity (Wildman–Crippen MR) is 131 cm³/mol. The maximum atomic E-state index is 13.2. The van der Waals surface area contributed by atoms with E-state index >= 15 is 0 Å². The Morgan fingerprint density at radius 3 is 2.16 bits per heavy atom. The molecule has 0 aromatic heterocycles. The quantitative estimate of drug-likeness (QED) is 0.463. The zero-order valence-electron chi connectivity index (χ0n) is 22.1. The summed E-state index contributed by atoms with van der Waals surface area (Å²) in [6.07, 6.45) is 10.3. The monoisotopic (exact) mass is 440 g/mol. The third-order valence-corrected chi connectivity index (χ3v) is 12.8. The molecule has 5 rings (SSSR count). The second-order valence-corrected chi connectivity index (χ2v) is 14.6. The summed E-state index contributed by atoms with van der Waals surface area (Å²) >= 11 is 0. The summed E-state index contributed by atoms with van der Waals surface area (Å²) in [4.78, 5) is 13.2. The predicted octanol–water partition coefficient (Wildman–Crippen LogP) is 7.35. The van der Waals surface area contributed by atoms with E-state index in [1.54, 1.807) is 5.57 Å². The number of rotatable bonds is 1. The van der Waals surface area contributed by atoms with Crippen molar-refractivity contribution in [2.24, 2.45) is 50.7 Å². The summed E-state index contributed by atoms with van der Waals surface area (Å²) in [5.41, 5.74) is 3.87. The SMILES string of the molecule is CC(C)C1=C2C3CCC4C5(C)CCC(O)C(C)(C)C5CCC4(C)C3(C)CCC2(C)CC1=O. The molecule has 180 valence electrons. The lowest BCUT2D eigenvalue weighted by molar-refractivity contribution is -0.228. The second-order valence-electron chi connectivity index (χ2n) is 14.6. The molecular weight excluding hydrogens is 392 g/mol. The van der Waals surface area contributed by atoms with E-state index in [1.807, 2.05) is 0 Å². The summed E-state index contributed by atoms with van der Waals surface area (Å²) in [7, 11) is 0. The van der Waals surface area contributed by atoms with Gasteiger partial charge in [0.15, 0.2) is 5.78 Å². The third-order valence-electron chi connectivity index (χ3n) is 12.8. The zero-order valence-corrected chi connectivity index (χ0v) is 22.1. The van der Waals surface area contributed by atoms with Gasteiger partial charge in [0.1, 0.15) is 0 Å². The number of hydrogen-bond acceptors (Lipinski definition) is 2. The van der Waals surface area contributed by atoms with E-state index in [4.69, 9.17) is 0 Å². The van der Waals surface area contributed by atoms with Crippen LogP contribution in [0, 0.1) is 50.7 Å². The molecule has 0 aromatic rings. The first-order chi connectivity index (χ1) is 14.7. The van der Waals surface area contributed by atoms with E-state index in [2.05, 4.69) is 55.4 Å². The first kappa shape index (κ1) is 23.1. The zero-order chi connectivity index (χ0) is 23.5. The molecule has 0 saturated heterocycles. The summed E-state index contributed by atoms with van der Waals surface area (Å²) in [5.74, 6) is 2.72. The average molecular weight is 441 g/mol. The smallest absolute Gasteiger partial charge is 0.159 e. The van der Waals surface area contributed by atoms with Crippen LogP contribution in [-0.4, -0.2) is 17.0 Å². The van der Waals surface area contributed by atoms with E-state index < -0.39 is 0 Å². The highest BCUT2D eigenvalue weighted by Crippen LogP contribution is 2.76. The lowest BCUT2D eigenvalue weighted by atomic mass is 9.33. The van der Waals surface area contributed by atoms with Gasteiger partial charge < -0.3 is 5.11 Å². The van der Waals surface area contributed by atoms with Crippen LogP contribution in [0.1, 0.15) is 113 Å². The molecule has 0 amide bonds. The van der Waals surface area contributed by atoms with Crippen LogP contribution in [-0.2, 0) is 4.79 Å². The van der Waals surface area contributed by atoms with Gasteiger partial charge in [-0.25, -0.2) is 0 Å². The number of hydrogen-bond donors (Lipinski definition) is 1. The molecule has 5 aliphatic rings. The first-order valence-corrected chi connectivity index (χ1v) is 13.7. The molecule has 0 radical (unpaired) electrons. The topological polar surface area (TPSA) is 37.3 Å². The van der Waals surface area contributed by atoms with Crippen molar-refractivity contribution in [2.75, 3.05) is 0 Å². The van der Waals surface area contributed by atoms with Gasteiger partial charge in [0.05, 0.1) is 6.10 Å². The van der Waals surface area contributed by atoms with Gasteiger partial charge in [0.2, 0.25) is 0 Å². The molecule has 0 aromatic carbocycles. The molecule has 4 saturated carbocycles. The van der Waals surface area contributed by atoms with Crippen LogP contribution in [0.2, 0.25) is 0 Å². The number of Topliss-reactive ketones (excluding diaryl/α,β-unsaturated/α-hetero) is 1. The summed E-state index contributed by atoms with van der Waals surface area (Å²) < 4.78 is 0. The molecule has 0 heterocycles. The van der Waals surface area contributed by atoms with Crippen molar-refractivity contribution in [3.8, 4) is 0 Å². The molecule has 8 unspecified atom stereocenters. The molecule has 0 bridgehead atoms. The Hall–Kier alpha value is -0.630. The number of carbonyl (C=O) groups is 1. The molecule has 5 aliphatic carbocycles. The average Bonchev–Trinajstić information content (AvgIpc) is 2.96. The van der Waals surface area contributed by atoms with Crippen LogP contribution >= 0.6 is 0 Å². The fraction of sp³-hybridized carbons (Fsp3) is 0.900. The minimum absolute atomic E-state index is 0.0163. The van der Waals surface area contributed by atoms with Crippen molar-refractivity contribution in [3.63, 3.8) is 0 Å². The Kier molecular flexibility index (Phi) is 4.87. The number of aliphatic hydroxyl groups excluding tert-OH is 1. The number of fused-ring (bicyclic) bond motifs is 7. The normalized spacial score (nSPS) is 52.4. The Morgan fingerprint density at radius 1 is 0.812 bits per heavy atom. The Balaban J connectivity index is 1.60. The van der Waals surface area contributed by atoms with Crippen LogP contribution in [0.25, 0.3) is 0 Å². The van der Waals surface area contributed by atoms with Gasteiger partial charge in [-0.1, -0.05) is 61.0 Å². The van der Waals surface area contributed by atoms with E-state index in [-0.39, 0.29) is 22.3 Å². The molecule has 4 fully saturated rings. The van der Waals surface area contributed by atoms with Crippen LogP contribution in [0.15, 0.2) is 11.1 Å². The molecule has 8 atom stereocenters. The fourth-order valence-electron chi connectivity index (χ4n) is 10.9. The van der Waals surface area contributed by atoms with Crippen molar-refractivity contribution in [3.05, 3.63) is 11.1 Å². The van der Waals surface area contributed by atoms with Gasteiger partial charge in [-0.05, 0) is 108 Å². The molecule has 2 heteroatoms. The number of aliphatic hydroxyl groups is 1. The van der Waals surface area contributed by atoms with Crippen molar-refractivity contribution < 1.29 is 9.90 Å². The van der Waals surface area contributed by atoms with E-state index in [9.17, 15) is 9.90 Å². The highest BCUT2D eigenvalue weighted by Gasteiger charge is 2.69. The summed E-state index contributed by atoms with van der Waals surface area (Å²) in [5, 5.41) is 10.9. The Labute approximate surface area is 197 Å². The van der Waals surface area contributed by atoms with Crippen LogP contribution < -0.4 is 0 Å². The molecule has 32 heavy (non-hydrogen) atoms. The molecule has 1 N–H and O–H groups in total. The Morgan fingerprint density at radius 2 is 1.50 bits per heavy atom.